The van der Waals surface area contributed by atoms with E-state index in [0.717, 1.165) is 18.4 Å². The van der Waals surface area contributed by atoms with Crippen LogP contribution in [0.4, 0.5) is 0 Å². The van der Waals surface area contributed by atoms with E-state index in [2.05, 4.69) is 22.4 Å². The summed E-state index contributed by atoms with van der Waals surface area (Å²) in [6.07, 6.45) is 3.40. The van der Waals surface area contributed by atoms with E-state index in [4.69, 9.17) is 10.3 Å². The molecule has 8 heteroatoms. The lowest BCUT2D eigenvalue weighted by molar-refractivity contribution is -0.121. The number of amides is 1. The second kappa shape index (κ2) is 8.77. The molecule has 2 unspecified atom stereocenters. The Kier molecular flexibility index (Phi) is 6.18. The Balaban J connectivity index is 1.67. The predicted octanol–water partition coefficient (Wildman–Crippen LogP) is 3.39. The Bertz CT molecular complexity index is 864. The minimum Gasteiger partial charge on any atom is -0.461 e. The number of nitrogens with one attached hydrogen (secondary N) is 1. The molecule has 0 fully saturated rings. The van der Waals surface area contributed by atoms with Gasteiger partial charge in [-0.05, 0) is 31.0 Å². The zero-order chi connectivity index (χ0) is 19.2. The van der Waals surface area contributed by atoms with Crippen LogP contribution >= 0.6 is 11.8 Å². The van der Waals surface area contributed by atoms with Crippen molar-refractivity contribution >= 4 is 17.7 Å². The van der Waals surface area contributed by atoms with Gasteiger partial charge in [0.15, 0.2) is 5.76 Å². The molecule has 2 aromatic heterocycles. The van der Waals surface area contributed by atoms with E-state index in [-0.39, 0.29) is 17.2 Å². The van der Waals surface area contributed by atoms with Gasteiger partial charge < -0.3 is 15.6 Å². The molecule has 0 aliphatic rings. The van der Waals surface area contributed by atoms with E-state index in [1.165, 1.54) is 16.4 Å². The zero-order valence-electron chi connectivity index (χ0n) is 15.3. The van der Waals surface area contributed by atoms with Crippen molar-refractivity contribution in [2.24, 2.45) is 0 Å². The summed E-state index contributed by atoms with van der Waals surface area (Å²) in [5.74, 6) is 6.95. The van der Waals surface area contributed by atoms with Gasteiger partial charge in [-0.1, -0.05) is 55.4 Å². The van der Waals surface area contributed by atoms with Gasteiger partial charge in [0, 0.05) is 0 Å². The van der Waals surface area contributed by atoms with Crippen LogP contribution in [-0.4, -0.2) is 26.0 Å². The Labute approximate surface area is 162 Å². The number of nitrogens with two attached hydrogens (primary N) is 1. The van der Waals surface area contributed by atoms with Crippen molar-refractivity contribution in [3.63, 3.8) is 0 Å². The first kappa shape index (κ1) is 19.0. The first-order chi connectivity index (χ1) is 13.1. The van der Waals surface area contributed by atoms with E-state index in [1.54, 1.807) is 18.4 Å². The van der Waals surface area contributed by atoms with Gasteiger partial charge in [0.25, 0.3) is 0 Å². The summed E-state index contributed by atoms with van der Waals surface area (Å²) in [5, 5.41) is 11.3. The van der Waals surface area contributed by atoms with E-state index < -0.39 is 0 Å². The van der Waals surface area contributed by atoms with Gasteiger partial charge in [-0.15, -0.1) is 10.2 Å². The quantitative estimate of drug-likeness (QED) is 0.455. The highest BCUT2D eigenvalue weighted by Crippen LogP contribution is 2.26. The lowest BCUT2D eigenvalue weighted by Crippen LogP contribution is -2.34. The molecule has 0 spiro atoms. The lowest BCUT2D eigenvalue weighted by Gasteiger charge is -2.20. The van der Waals surface area contributed by atoms with Crippen LogP contribution in [0.15, 0.2) is 58.3 Å². The van der Waals surface area contributed by atoms with Crippen molar-refractivity contribution in [2.45, 2.75) is 43.1 Å². The van der Waals surface area contributed by atoms with Gasteiger partial charge in [0.2, 0.25) is 16.9 Å². The van der Waals surface area contributed by atoms with Crippen LogP contribution in [0.3, 0.4) is 0 Å². The number of carbonyl (C=O) groups excluding carboxylic acids is 1. The van der Waals surface area contributed by atoms with Crippen molar-refractivity contribution in [3.05, 3.63) is 54.3 Å². The standard InChI is InChI=1S/C19H23N5O2S/c1-3-8-15(14-9-5-4-6-10-14)21-18(25)13(2)27-19-23-22-17(24(19)20)16-11-7-12-26-16/h4-7,9-13,15H,3,8,20H2,1-2H3,(H,21,25). The summed E-state index contributed by atoms with van der Waals surface area (Å²) in [5.41, 5.74) is 1.10. The summed E-state index contributed by atoms with van der Waals surface area (Å²) >= 11 is 1.26. The molecule has 142 valence electrons. The van der Waals surface area contributed by atoms with Gasteiger partial charge in [-0.25, -0.2) is 4.68 Å². The number of thioether (sulfide) groups is 1. The van der Waals surface area contributed by atoms with Crippen LogP contribution in [-0.2, 0) is 4.79 Å². The number of hydrogen-bond acceptors (Lipinski definition) is 6. The van der Waals surface area contributed by atoms with Crippen LogP contribution in [0.25, 0.3) is 11.6 Å². The summed E-state index contributed by atoms with van der Waals surface area (Å²) in [6.45, 7) is 3.93. The fourth-order valence-corrected chi connectivity index (χ4v) is 3.51. The number of carbonyl (C=O) groups is 1. The first-order valence-corrected chi connectivity index (χ1v) is 9.74. The molecule has 0 aliphatic carbocycles. The van der Waals surface area contributed by atoms with Crippen LogP contribution in [0.2, 0.25) is 0 Å². The molecule has 2 heterocycles. The number of hydrogen-bond donors (Lipinski definition) is 2. The molecular formula is C19H23N5O2S. The highest BCUT2D eigenvalue weighted by Gasteiger charge is 2.23. The van der Waals surface area contributed by atoms with Crippen LogP contribution in [0, 0.1) is 0 Å². The molecular weight excluding hydrogens is 362 g/mol. The third-order valence-corrected chi connectivity index (χ3v) is 5.21. The highest BCUT2D eigenvalue weighted by atomic mass is 32.2. The SMILES string of the molecule is CCCC(NC(=O)C(C)Sc1nnc(-c2ccco2)n1N)c1ccccc1. The molecule has 0 saturated carbocycles. The Morgan fingerprint density at radius 3 is 2.70 bits per heavy atom. The minimum absolute atomic E-state index is 0.0128. The average molecular weight is 385 g/mol. The second-order valence-corrected chi connectivity index (χ2v) is 7.48. The van der Waals surface area contributed by atoms with E-state index in [0.29, 0.717) is 16.7 Å². The maximum absolute atomic E-state index is 12.7. The fourth-order valence-electron chi connectivity index (χ4n) is 2.73. The normalized spacial score (nSPS) is 13.3. The second-order valence-electron chi connectivity index (χ2n) is 6.17. The number of nitrogens with zero attached hydrogens (tertiary/aromatic N) is 3. The zero-order valence-corrected chi connectivity index (χ0v) is 16.1. The van der Waals surface area contributed by atoms with Gasteiger partial charge in [0.1, 0.15) is 0 Å². The highest BCUT2D eigenvalue weighted by molar-refractivity contribution is 8.00. The van der Waals surface area contributed by atoms with Gasteiger partial charge in [0.05, 0.1) is 17.6 Å². The van der Waals surface area contributed by atoms with Crippen LogP contribution in [0.1, 0.15) is 38.3 Å². The van der Waals surface area contributed by atoms with E-state index in [1.807, 2.05) is 37.3 Å². The molecule has 0 aliphatic heterocycles. The molecule has 0 radical (unpaired) electrons. The summed E-state index contributed by atoms with van der Waals surface area (Å²) in [4.78, 5) is 12.7. The smallest absolute Gasteiger partial charge is 0.233 e. The average Bonchev–Trinajstić information content (AvgIpc) is 3.32. The third kappa shape index (κ3) is 4.51. The topological polar surface area (TPSA) is 99.0 Å². The van der Waals surface area contributed by atoms with Crippen molar-refractivity contribution in [3.8, 4) is 11.6 Å². The Morgan fingerprint density at radius 1 is 1.26 bits per heavy atom. The van der Waals surface area contributed by atoms with Crippen LogP contribution in [0.5, 0.6) is 0 Å². The van der Waals surface area contributed by atoms with Crippen LogP contribution < -0.4 is 11.2 Å². The van der Waals surface area contributed by atoms with Gasteiger partial charge in [-0.2, -0.15) is 0 Å². The number of furan rings is 1. The molecule has 0 bridgehead atoms. The third-order valence-electron chi connectivity index (χ3n) is 4.15. The molecule has 27 heavy (non-hydrogen) atoms. The fraction of sp³-hybridized carbons (Fsp3) is 0.316. The van der Waals surface area contributed by atoms with E-state index >= 15 is 0 Å². The lowest BCUT2D eigenvalue weighted by atomic mass is 10.0. The number of benzene rings is 1. The minimum atomic E-state index is -0.371. The maximum Gasteiger partial charge on any atom is 0.233 e. The molecule has 3 rings (SSSR count). The predicted molar refractivity (Wildman–Crippen MR) is 105 cm³/mol. The molecule has 1 amide bonds. The van der Waals surface area contributed by atoms with Crippen molar-refractivity contribution in [1.29, 1.82) is 0 Å². The Hall–Kier alpha value is -2.74. The van der Waals surface area contributed by atoms with Gasteiger partial charge >= 0.3 is 0 Å². The maximum atomic E-state index is 12.7. The molecule has 0 saturated heterocycles. The number of aromatic nitrogens is 3. The summed E-state index contributed by atoms with van der Waals surface area (Å²) in [6, 6.07) is 13.5. The molecule has 3 aromatic rings. The first-order valence-electron chi connectivity index (χ1n) is 8.86. The number of nitrogen functional groups attached to an aromatic ring is 1. The Morgan fingerprint density at radius 2 is 2.04 bits per heavy atom. The summed E-state index contributed by atoms with van der Waals surface area (Å²) < 4.78 is 6.64. The molecule has 3 N–H and O–H groups in total. The molecule has 2 atom stereocenters. The molecule has 1 aromatic carbocycles. The van der Waals surface area contributed by atoms with Crippen molar-refractivity contribution in [2.75, 3.05) is 5.84 Å². The summed E-state index contributed by atoms with van der Waals surface area (Å²) in [7, 11) is 0. The van der Waals surface area contributed by atoms with Crippen molar-refractivity contribution in [1.82, 2.24) is 20.2 Å². The molecule has 7 nitrogen and oxygen atoms in total. The van der Waals surface area contributed by atoms with E-state index in [9.17, 15) is 4.79 Å². The monoisotopic (exact) mass is 385 g/mol. The van der Waals surface area contributed by atoms with Gasteiger partial charge in [-0.3, -0.25) is 4.79 Å². The number of rotatable bonds is 8. The largest absolute Gasteiger partial charge is 0.461 e. The van der Waals surface area contributed by atoms with Crippen molar-refractivity contribution < 1.29 is 9.21 Å².